The normalized spacial score (nSPS) is 11.6. The maximum Gasteiger partial charge on any atom is 0.371 e. The monoisotopic (exact) mass is 446 g/mol. The van der Waals surface area contributed by atoms with Gasteiger partial charge < -0.3 is 24.1 Å². The van der Waals surface area contributed by atoms with E-state index in [4.69, 9.17) is 14.2 Å². The number of rotatable bonds is 10. The lowest BCUT2D eigenvalue weighted by Gasteiger charge is -2.11. The van der Waals surface area contributed by atoms with E-state index in [2.05, 4.69) is 17.9 Å². The topological polar surface area (TPSA) is 91.3 Å². The predicted molar refractivity (Wildman–Crippen MR) is 111 cm³/mol. The van der Waals surface area contributed by atoms with Crippen LogP contribution in [0, 0.1) is 5.82 Å². The van der Waals surface area contributed by atoms with E-state index in [-0.39, 0.29) is 35.0 Å². The van der Waals surface area contributed by atoms with Crippen molar-refractivity contribution in [2.45, 2.75) is 6.29 Å². The number of methoxy groups -OCH3 is 1. The van der Waals surface area contributed by atoms with E-state index in [0.717, 1.165) is 6.07 Å². The van der Waals surface area contributed by atoms with E-state index < -0.39 is 29.9 Å². The van der Waals surface area contributed by atoms with Crippen LogP contribution in [0.1, 0.15) is 5.56 Å². The fraction of sp³-hybridized carbons (Fsp3) is 0.130. The average molecular weight is 446 g/mol. The SMILES string of the molecule is C=C(F)C(=O)Oc1ccc(OC(O)/C=C/c2ccc(OC(=O)C(=C)COC)cc2F)cc1. The molecule has 7 nitrogen and oxygen atoms in total. The summed E-state index contributed by atoms with van der Waals surface area (Å²) in [6.45, 7) is 6.32. The van der Waals surface area contributed by atoms with Gasteiger partial charge in [0.1, 0.15) is 23.1 Å². The molecule has 0 saturated heterocycles. The van der Waals surface area contributed by atoms with Gasteiger partial charge in [0.15, 0.2) is 0 Å². The van der Waals surface area contributed by atoms with E-state index in [9.17, 15) is 23.5 Å². The highest BCUT2D eigenvalue weighted by Gasteiger charge is 2.12. The molecule has 0 saturated carbocycles. The smallest absolute Gasteiger partial charge is 0.371 e. The van der Waals surface area contributed by atoms with Crippen molar-refractivity contribution in [2.24, 2.45) is 0 Å². The van der Waals surface area contributed by atoms with Crippen LogP contribution in [0.15, 0.2) is 73.1 Å². The third-order valence-electron chi connectivity index (χ3n) is 3.74. The second kappa shape index (κ2) is 11.5. The van der Waals surface area contributed by atoms with E-state index in [1.54, 1.807) is 0 Å². The van der Waals surface area contributed by atoms with Crippen molar-refractivity contribution in [2.75, 3.05) is 13.7 Å². The number of aliphatic hydroxyl groups excluding tert-OH is 1. The largest absolute Gasteiger partial charge is 0.461 e. The van der Waals surface area contributed by atoms with Crippen LogP contribution in [0.2, 0.25) is 0 Å². The second-order valence-electron chi connectivity index (χ2n) is 6.24. The molecule has 0 bridgehead atoms. The standard InChI is InChI=1S/C23H20F2O7/c1-14(13-29-3)22(27)32-19-6-4-16(20(25)12-19)5-11-21(26)30-17-7-9-18(10-8-17)31-23(28)15(2)24/h4-12,21,26H,1-2,13H2,3H3/b11-5+. The molecule has 2 aromatic rings. The summed E-state index contributed by atoms with van der Waals surface area (Å²) in [6, 6.07) is 9.14. The van der Waals surface area contributed by atoms with Crippen LogP contribution in [0.3, 0.4) is 0 Å². The Hall–Kier alpha value is -3.82. The van der Waals surface area contributed by atoms with Crippen molar-refractivity contribution in [3.05, 3.63) is 84.5 Å². The number of esters is 2. The van der Waals surface area contributed by atoms with Crippen LogP contribution in [0.5, 0.6) is 17.2 Å². The summed E-state index contributed by atoms with van der Waals surface area (Å²) in [5.41, 5.74) is 0.188. The summed E-state index contributed by atoms with van der Waals surface area (Å²) < 4.78 is 46.6. The van der Waals surface area contributed by atoms with Gasteiger partial charge in [-0.3, -0.25) is 0 Å². The van der Waals surface area contributed by atoms with Crippen LogP contribution >= 0.6 is 0 Å². The molecule has 1 atom stereocenters. The highest BCUT2D eigenvalue weighted by molar-refractivity contribution is 5.89. The summed E-state index contributed by atoms with van der Waals surface area (Å²) in [4.78, 5) is 22.9. The van der Waals surface area contributed by atoms with Crippen molar-refractivity contribution in [1.29, 1.82) is 0 Å². The molecule has 9 heteroatoms. The number of hydrogen-bond donors (Lipinski definition) is 1. The molecule has 0 radical (unpaired) electrons. The summed E-state index contributed by atoms with van der Waals surface area (Å²) in [5.74, 6) is -3.65. The third-order valence-corrected chi connectivity index (χ3v) is 3.74. The van der Waals surface area contributed by atoms with E-state index in [1.807, 2.05) is 0 Å². The molecule has 168 valence electrons. The maximum atomic E-state index is 14.2. The van der Waals surface area contributed by atoms with Gasteiger partial charge in [0.2, 0.25) is 12.1 Å². The number of benzene rings is 2. The Kier molecular flexibility index (Phi) is 8.82. The van der Waals surface area contributed by atoms with Crippen LogP contribution < -0.4 is 14.2 Å². The molecular formula is C23H20F2O7. The lowest BCUT2D eigenvalue weighted by molar-refractivity contribution is -0.132. The summed E-state index contributed by atoms with van der Waals surface area (Å²) in [7, 11) is 1.40. The van der Waals surface area contributed by atoms with Gasteiger partial charge in [-0.2, -0.15) is 4.39 Å². The molecule has 0 aliphatic rings. The molecule has 32 heavy (non-hydrogen) atoms. The van der Waals surface area contributed by atoms with Gasteiger partial charge in [0, 0.05) is 18.7 Å². The second-order valence-corrected chi connectivity index (χ2v) is 6.24. The molecule has 0 aromatic heterocycles. The number of halogens is 2. The molecule has 0 heterocycles. The minimum absolute atomic E-state index is 0.0126. The van der Waals surface area contributed by atoms with Crippen LogP contribution in [-0.2, 0) is 14.3 Å². The molecule has 1 unspecified atom stereocenters. The Balaban J connectivity index is 1.94. The molecule has 0 aliphatic carbocycles. The van der Waals surface area contributed by atoms with Crippen molar-refractivity contribution < 1.29 is 42.4 Å². The van der Waals surface area contributed by atoms with Gasteiger partial charge in [-0.15, -0.1) is 0 Å². The molecule has 1 N–H and O–H groups in total. The van der Waals surface area contributed by atoms with Gasteiger partial charge in [-0.1, -0.05) is 13.2 Å². The van der Waals surface area contributed by atoms with Crippen molar-refractivity contribution in [1.82, 2.24) is 0 Å². The third kappa shape index (κ3) is 7.46. The Morgan fingerprint density at radius 2 is 1.62 bits per heavy atom. The Labute approximate surface area is 182 Å². The van der Waals surface area contributed by atoms with Gasteiger partial charge in [0.25, 0.3) is 0 Å². The summed E-state index contributed by atoms with van der Waals surface area (Å²) in [6.07, 6.45) is 1.03. The molecule has 0 spiro atoms. The number of ether oxygens (including phenoxy) is 4. The zero-order chi connectivity index (χ0) is 23.7. The zero-order valence-electron chi connectivity index (χ0n) is 17.0. The van der Waals surface area contributed by atoms with Gasteiger partial charge in [0.05, 0.1) is 12.2 Å². The van der Waals surface area contributed by atoms with Crippen molar-refractivity contribution in [3.8, 4) is 17.2 Å². The molecule has 0 amide bonds. The highest BCUT2D eigenvalue weighted by atomic mass is 19.1. The first-order valence-electron chi connectivity index (χ1n) is 9.07. The Morgan fingerprint density at radius 3 is 2.22 bits per heavy atom. The maximum absolute atomic E-state index is 14.2. The van der Waals surface area contributed by atoms with Gasteiger partial charge in [-0.05, 0) is 48.6 Å². The first kappa shape index (κ1) is 24.4. The predicted octanol–water partition coefficient (Wildman–Crippen LogP) is 3.73. The van der Waals surface area contributed by atoms with Crippen LogP contribution in [-0.4, -0.2) is 37.1 Å². The Morgan fingerprint density at radius 1 is 1.03 bits per heavy atom. The number of carbonyl (C=O) groups excluding carboxylic acids is 2. The molecule has 2 aromatic carbocycles. The minimum Gasteiger partial charge on any atom is -0.461 e. The first-order valence-corrected chi connectivity index (χ1v) is 9.07. The quantitative estimate of drug-likeness (QED) is 0.257. The molecule has 0 fully saturated rings. The molecular weight excluding hydrogens is 426 g/mol. The summed E-state index contributed by atoms with van der Waals surface area (Å²) in [5, 5.41) is 9.96. The molecule has 0 aliphatic heterocycles. The summed E-state index contributed by atoms with van der Waals surface area (Å²) >= 11 is 0. The fourth-order valence-electron chi connectivity index (χ4n) is 2.23. The number of hydrogen-bond acceptors (Lipinski definition) is 7. The highest BCUT2D eigenvalue weighted by Crippen LogP contribution is 2.21. The van der Waals surface area contributed by atoms with Gasteiger partial charge >= 0.3 is 11.9 Å². The van der Waals surface area contributed by atoms with Crippen molar-refractivity contribution in [3.63, 3.8) is 0 Å². The Bertz CT molecular complexity index is 1030. The van der Waals surface area contributed by atoms with Crippen LogP contribution in [0.4, 0.5) is 8.78 Å². The van der Waals surface area contributed by atoms with Crippen LogP contribution in [0.25, 0.3) is 6.08 Å². The lowest BCUT2D eigenvalue weighted by Crippen LogP contribution is -2.14. The fourth-order valence-corrected chi connectivity index (χ4v) is 2.23. The van der Waals surface area contributed by atoms with E-state index in [0.29, 0.717) is 0 Å². The van der Waals surface area contributed by atoms with E-state index in [1.165, 1.54) is 55.7 Å². The van der Waals surface area contributed by atoms with E-state index >= 15 is 0 Å². The molecule has 2 rings (SSSR count). The zero-order valence-corrected chi connectivity index (χ0v) is 17.0. The van der Waals surface area contributed by atoms with Crippen molar-refractivity contribution >= 4 is 18.0 Å². The lowest BCUT2D eigenvalue weighted by atomic mass is 10.2. The van der Waals surface area contributed by atoms with Gasteiger partial charge in [-0.25, -0.2) is 14.0 Å². The minimum atomic E-state index is -1.43. The average Bonchev–Trinajstić information content (AvgIpc) is 2.74. The number of aliphatic hydroxyl groups is 1. The first-order chi connectivity index (χ1) is 15.2. The number of carbonyl (C=O) groups is 2.